The molecule has 0 bridgehead atoms. The van der Waals surface area contributed by atoms with Crippen molar-refractivity contribution in [3.63, 3.8) is 0 Å². The number of ether oxygens (including phenoxy) is 1. The third-order valence-corrected chi connectivity index (χ3v) is 3.04. The maximum atomic E-state index is 6.01. The molecule has 1 fully saturated rings. The summed E-state index contributed by atoms with van der Waals surface area (Å²) in [4.78, 5) is 0. The predicted molar refractivity (Wildman–Crippen MR) is 48.0 cm³/mol. The Bertz CT molecular complexity index is 116. The molecule has 0 aromatic heterocycles. The van der Waals surface area contributed by atoms with Gasteiger partial charge in [0.15, 0.2) is 0 Å². The van der Waals surface area contributed by atoms with E-state index < -0.39 is 0 Å². The Morgan fingerprint density at radius 2 is 2.27 bits per heavy atom. The van der Waals surface area contributed by atoms with Gasteiger partial charge in [0.1, 0.15) is 0 Å². The van der Waals surface area contributed by atoms with Crippen LogP contribution in [0.2, 0.25) is 0 Å². The molecule has 1 rings (SSSR count). The number of halogens is 1. The van der Waals surface area contributed by atoms with E-state index in [-0.39, 0.29) is 0 Å². The van der Waals surface area contributed by atoms with Gasteiger partial charge in [-0.05, 0) is 31.1 Å². The van der Waals surface area contributed by atoms with Crippen LogP contribution in [-0.4, -0.2) is 19.1 Å². The first-order valence-electron chi connectivity index (χ1n) is 4.37. The molecular weight excluding hydrogens is 160 g/mol. The zero-order chi connectivity index (χ0) is 8.27. The van der Waals surface area contributed by atoms with E-state index in [9.17, 15) is 0 Å². The molecule has 66 valence electrons. The lowest BCUT2D eigenvalue weighted by molar-refractivity contribution is 0.131. The van der Waals surface area contributed by atoms with Crippen molar-refractivity contribution in [2.45, 2.75) is 31.6 Å². The van der Waals surface area contributed by atoms with Crippen molar-refractivity contribution in [2.24, 2.45) is 11.8 Å². The van der Waals surface area contributed by atoms with Gasteiger partial charge < -0.3 is 4.74 Å². The summed E-state index contributed by atoms with van der Waals surface area (Å²) >= 11 is 6.01. The van der Waals surface area contributed by atoms with Gasteiger partial charge in [0, 0.05) is 19.1 Å². The first kappa shape index (κ1) is 9.34. The van der Waals surface area contributed by atoms with E-state index in [1.807, 2.05) is 0 Å². The summed E-state index contributed by atoms with van der Waals surface area (Å²) in [5, 5.41) is 0.430. The molecule has 3 unspecified atom stereocenters. The molecule has 1 aliphatic rings. The summed E-state index contributed by atoms with van der Waals surface area (Å²) in [6, 6.07) is 0. The van der Waals surface area contributed by atoms with Crippen LogP contribution in [0.15, 0.2) is 0 Å². The lowest BCUT2D eigenvalue weighted by atomic mass is 9.93. The summed E-state index contributed by atoms with van der Waals surface area (Å²) in [6.45, 7) is 3.14. The number of hydrogen-bond donors (Lipinski definition) is 0. The molecule has 1 nitrogen and oxygen atoms in total. The van der Waals surface area contributed by atoms with E-state index >= 15 is 0 Å². The summed E-state index contributed by atoms with van der Waals surface area (Å²) in [5.74, 6) is 1.49. The summed E-state index contributed by atoms with van der Waals surface area (Å²) in [6.07, 6.45) is 3.67. The van der Waals surface area contributed by atoms with Gasteiger partial charge in [0.2, 0.25) is 0 Å². The highest BCUT2D eigenvalue weighted by Crippen LogP contribution is 2.34. The van der Waals surface area contributed by atoms with E-state index in [2.05, 4.69) is 6.92 Å². The van der Waals surface area contributed by atoms with Crippen LogP contribution in [0.5, 0.6) is 0 Å². The molecule has 0 aromatic carbocycles. The fourth-order valence-corrected chi connectivity index (χ4v) is 2.23. The van der Waals surface area contributed by atoms with Gasteiger partial charge in [-0.15, -0.1) is 11.6 Å². The highest BCUT2D eigenvalue weighted by Gasteiger charge is 2.26. The lowest BCUT2D eigenvalue weighted by Crippen LogP contribution is -2.13. The standard InChI is InChI=1S/C9H17ClO/c1-7(6-11-2)8-3-4-9(10)5-8/h7-9H,3-6H2,1-2H3. The van der Waals surface area contributed by atoms with Crippen LogP contribution >= 0.6 is 11.6 Å². The maximum Gasteiger partial charge on any atom is 0.0490 e. The number of rotatable bonds is 3. The average molecular weight is 177 g/mol. The third-order valence-electron chi connectivity index (χ3n) is 2.64. The minimum absolute atomic E-state index is 0.430. The molecular formula is C9H17ClO. The lowest BCUT2D eigenvalue weighted by Gasteiger charge is -2.17. The Morgan fingerprint density at radius 3 is 2.73 bits per heavy atom. The van der Waals surface area contributed by atoms with Gasteiger partial charge in [0.25, 0.3) is 0 Å². The molecule has 0 amide bonds. The van der Waals surface area contributed by atoms with Gasteiger partial charge in [-0.1, -0.05) is 6.92 Å². The van der Waals surface area contributed by atoms with Crippen molar-refractivity contribution >= 4 is 11.6 Å². The number of methoxy groups -OCH3 is 1. The second-order valence-electron chi connectivity index (χ2n) is 3.60. The van der Waals surface area contributed by atoms with E-state index in [1.165, 1.54) is 19.3 Å². The molecule has 0 heterocycles. The average Bonchev–Trinajstić information content (AvgIpc) is 2.36. The van der Waals surface area contributed by atoms with E-state index in [0.29, 0.717) is 11.3 Å². The Hall–Kier alpha value is 0.250. The molecule has 11 heavy (non-hydrogen) atoms. The van der Waals surface area contributed by atoms with Crippen molar-refractivity contribution in [3.8, 4) is 0 Å². The van der Waals surface area contributed by atoms with Gasteiger partial charge in [0.05, 0.1) is 0 Å². The molecule has 2 heteroatoms. The van der Waals surface area contributed by atoms with Crippen LogP contribution in [0.25, 0.3) is 0 Å². The molecule has 1 saturated carbocycles. The predicted octanol–water partition coefficient (Wildman–Crippen LogP) is 2.68. The summed E-state index contributed by atoms with van der Waals surface area (Å²) < 4.78 is 5.11. The van der Waals surface area contributed by atoms with Crippen molar-refractivity contribution in [2.75, 3.05) is 13.7 Å². The Kier molecular flexibility index (Phi) is 3.67. The molecule has 0 spiro atoms. The molecule has 3 atom stereocenters. The second kappa shape index (κ2) is 4.32. The molecule has 0 aliphatic heterocycles. The molecule has 0 radical (unpaired) electrons. The van der Waals surface area contributed by atoms with Crippen LogP contribution in [0.4, 0.5) is 0 Å². The molecule has 1 aliphatic carbocycles. The molecule has 0 N–H and O–H groups in total. The Morgan fingerprint density at radius 1 is 1.55 bits per heavy atom. The Balaban J connectivity index is 2.25. The zero-order valence-corrected chi connectivity index (χ0v) is 8.10. The van der Waals surface area contributed by atoms with E-state index in [1.54, 1.807) is 7.11 Å². The Labute approximate surface area is 74.1 Å². The number of hydrogen-bond acceptors (Lipinski definition) is 1. The third kappa shape index (κ3) is 2.64. The molecule has 0 saturated heterocycles. The maximum absolute atomic E-state index is 6.01. The van der Waals surface area contributed by atoms with Crippen LogP contribution in [0.1, 0.15) is 26.2 Å². The van der Waals surface area contributed by atoms with E-state index in [4.69, 9.17) is 16.3 Å². The van der Waals surface area contributed by atoms with Gasteiger partial charge in [-0.25, -0.2) is 0 Å². The van der Waals surface area contributed by atoms with Crippen molar-refractivity contribution in [1.82, 2.24) is 0 Å². The van der Waals surface area contributed by atoms with Crippen molar-refractivity contribution in [3.05, 3.63) is 0 Å². The molecule has 0 aromatic rings. The van der Waals surface area contributed by atoms with Gasteiger partial charge >= 0.3 is 0 Å². The quantitative estimate of drug-likeness (QED) is 0.601. The summed E-state index contributed by atoms with van der Waals surface area (Å²) in [7, 11) is 1.77. The topological polar surface area (TPSA) is 9.23 Å². The fraction of sp³-hybridized carbons (Fsp3) is 1.00. The largest absolute Gasteiger partial charge is 0.384 e. The second-order valence-corrected chi connectivity index (χ2v) is 4.22. The summed E-state index contributed by atoms with van der Waals surface area (Å²) in [5.41, 5.74) is 0. The van der Waals surface area contributed by atoms with Crippen molar-refractivity contribution in [1.29, 1.82) is 0 Å². The van der Waals surface area contributed by atoms with Crippen molar-refractivity contribution < 1.29 is 4.74 Å². The van der Waals surface area contributed by atoms with Crippen LogP contribution in [0.3, 0.4) is 0 Å². The zero-order valence-electron chi connectivity index (χ0n) is 7.35. The highest BCUT2D eigenvalue weighted by atomic mass is 35.5. The minimum atomic E-state index is 0.430. The van der Waals surface area contributed by atoms with Crippen LogP contribution in [0, 0.1) is 11.8 Å². The van der Waals surface area contributed by atoms with E-state index in [0.717, 1.165) is 12.5 Å². The monoisotopic (exact) mass is 176 g/mol. The van der Waals surface area contributed by atoms with Crippen LogP contribution < -0.4 is 0 Å². The smallest absolute Gasteiger partial charge is 0.0490 e. The highest BCUT2D eigenvalue weighted by molar-refractivity contribution is 6.20. The van der Waals surface area contributed by atoms with Gasteiger partial charge in [-0.2, -0.15) is 0 Å². The van der Waals surface area contributed by atoms with Gasteiger partial charge in [-0.3, -0.25) is 0 Å². The minimum Gasteiger partial charge on any atom is -0.384 e. The normalized spacial score (nSPS) is 34.1. The first-order chi connectivity index (χ1) is 5.24. The SMILES string of the molecule is COCC(C)C1CCC(Cl)C1. The number of alkyl halides is 1. The van der Waals surface area contributed by atoms with Crippen LogP contribution in [-0.2, 0) is 4.74 Å². The fourth-order valence-electron chi connectivity index (χ4n) is 1.87. The first-order valence-corrected chi connectivity index (χ1v) is 4.80.